The van der Waals surface area contributed by atoms with E-state index < -0.39 is 0 Å². The van der Waals surface area contributed by atoms with E-state index in [0.29, 0.717) is 23.7 Å². The minimum absolute atomic E-state index is 0.315. The first-order chi connectivity index (χ1) is 7.50. The highest BCUT2D eigenvalue weighted by Gasteiger charge is 2.25. The van der Waals surface area contributed by atoms with Gasteiger partial charge in [0.2, 0.25) is 0 Å². The van der Waals surface area contributed by atoms with Gasteiger partial charge in [0, 0.05) is 31.5 Å². The molecule has 16 heavy (non-hydrogen) atoms. The van der Waals surface area contributed by atoms with Crippen LogP contribution in [-0.2, 0) is 4.79 Å². The van der Waals surface area contributed by atoms with E-state index in [2.05, 4.69) is 32.6 Å². The summed E-state index contributed by atoms with van der Waals surface area (Å²) in [5, 5.41) is 0. The molecule has 0 spiro atoms. The van der Waals surface area contributed by atoms with Crippen LogP contribution in [-0.4, -0.2) is 29.8 Å². The van der Waals surface area contributed by atoms with Crippen LogP contribution in [0.2, 0.25) is 0 Å². The third-order valence-electron chi connectivity index (χ3n) is 3.47. The van der Waals surface area contributed by atoms with Crippen LogP contribution < -0.4 is 0 Å². The largest absolute Gasteiger partial charge is 0.300 e. The molecular formula is C14H27NO. The molecule has 0 aromatic carbocycles. The third-order valence-corrected chi connectivity index (χ3v) is 3.47. The SMILES string of the molecule is CC(C)CN(CC1CCCCC1=O)C(C)C. The van der Waals surface area contributed by atoms with E-state index in [1.807, 2.05) is 0 Å². The highest BCUT2D eigenvalue weighted by molar-refractivity contribution is 5.81. The van der Waals surface area contributed by atoms with Crippen molar-refractivity contribution in [3.05, 3.63) is 0 Å². The van der Waals surface area contributed by atoms with E-state index in [1.165, 1.54) is 6.42 Å². The molecule has 0 aromatic heterocycles. The van der Waals surface area contributed by atoms with Crippen molar-refractivity contribution in [3.63, 3.8) is 0 Å². The van der Waals surface area contributed by atoms with Crippen molar-refractivity contribution >= 4 is 5.78 Å². The van der Waals surface area contributed by atoms with Crippen molar-refractivity contribution in [1.29, 1.82) is 0 Å². The van der Waals surface area contributed by atoms with Gasteiger partial charge in [-0.25, -0.2) is 0 Å². The number of carbonyl (C=O) groups is 1. The zero-order valence-corrected chi connectivity index (χ0v) is 11.3. The van der Waals surface area contributed by atoms with Crippen LogP contribution >= 0.6 is 0 Å². The van der Waals surface area contributed by atoms with Crippen molar-refractivity contribution < 1.29 is 4.79 Å². The first kappa shape index (κ1) is 13.7. The molecule has 1 atom stereocenters. The Morgan fingerprint density at radius 1 is 1.25 bits per heavy atom. The van der Waals surface area contributed by atoms with Gasteiger partial charge in [0.1, 0.15) is 5.78 Å². The van der Waals surface area contributed by atoms with Gasteiger partial charge in [0.25, 0.3) is 0 Å². The van der Waals surface area contributed by atoms with Crippen LogP contribution in [0, 0.1) is 11.8 Å². The molecule has 0 radical (unpaired) electrons. The van der Waals surface area contributed by atoms with Gasteiger partial charge in [-0.1, -0.05) is 20.3 Å². The molecule has 94 valence electrons. The molecule has 2 nitrogen and oxygen atoms in total. The smallest absolute Gasteiger partial charge is 0.137 e. The molecular weight excluding hydrogens is 198 g/mol. The number of carbonyl (C=O) groups excluding carboxylic acids is 1. The molecule has 2 heteroatoms. The van der Waals surface area contributed by atoms with Crippen LogP contribution in [0.4, 0.5) is 0 Å². The summed E-state index contributed by atoms with van der Waals surface area (Å²) >= 11 is 0. The Labute approximate surface area is 100 Å². The molecule has 1 aliphatic carbocycles. The molecule has 0 aliphatic heterocycles. The summed E-state index contributed by atoms with van der Waals surface area (Å²) in [6, 6.07) is 0.553. The zero-order valence-electron chi connectivity index (χ0n) is 11.3. The van der Waals surface area contributed by atoms with Crippen LogP contribution in [0.15, 0.2) is 0 Å². The van der Waals surface area contributed by atoms with E-state index in [4.69, 9.17) is 0 Å². The highest BCUT2D eigenvalue weighted by atomic mass is 16.1. The predicted molar refractivity (Wildman–Crippen MR) is 68.5 cm³/mol. The molecule has 0 saturated heterocycles. The summed E-state index contributed by atoms with van der Waals surface area (Å²) in [7, 11) is 0. The van der Waals surface area contributed by atoms with E-state index >= 15 is 0 Å². The van der Waals surface area contributed by atoms with Crippen molar-refractivity contribution in [2.24, 2.45) is 11.8 Å². The Morgan fingerprint density at radius 3 is 2.44 bits per heavy atom. The Bertz CT molecular complexity index is 223. The van der Waals surface area contributed by atoms with Gasteiger partial charge in [-0.05, 0) is 32.6 Å². The first-order valence-corrected chi connectivity index (χ1v) is 6.77. The van der Waals surface area contributed by atoms with Crippen LogP contribution in [0.5, 0.6) is 0 Å². The molecule has 0 aromatic rings. The minimum Gasteiger partial charge on any atom is -0.300 e. The predicted octanol–water partition coefficient (Wildman–Crippen LogP) is 3.11. The van der Waals surface area contributed by atoms with Gasteiger partial charge >= 0.3 is 0 Å². The van der Waals surface area contributed by atoms with Crippen molar-refractivity contribution in [2.45, 2.75) is 59.4 Å². The second kappa shape index (κ2) is 6.39. The summed E-state index contributed by atoms with van der Waals surface area (Å²) in [6.45, 7) is 11.1. The lowest BCUT2D eigenvalue weighted by Crippen LogP contribution is -2.40. The molecule has 1 saturated carbocycles. The molecule has 0 heterocycles. The van der Waals surface area contributed by atoms with Gasteiger partial charge in [0.05, 0.1) is 0 Å². The first-order valence-electron chi connectivity index (χ1n) is 6.77. The van der Waals surface area contributed by atoms with E-state index in [1.54, 1.807) is 0 Å². The molecule has 1 aliphatic rings. The number of ketones is 1. The van der Waals surface area contributed by atoms with E-state index in [9.17, 15) is 4.79 Å². The molecule has 0 N–H and O–H groups in total. The second-order valence-corrected chi connectivity index (χ2v) is 5.85. The third kappa shape index (κ3) is 4.25. The molecule has 0 bridgehead atoms. The lowest BCUT2D eigenvalue weighted by atomic mass is 9.87. The van der Waals surface area contributed by atoms with Crippen molar-refractivity contribution in [3.8, 4) is 0 Å². The maximum absolute atomic E-state index is 11.8. The molecule has 0 amide bonds. The van der Waals surface area contributed by atoms with Crippen molar-refractivity contribution in [2.75, 3.05) is 13.1 Å². The number of hydrogen-bond acceptors (Lipinski definition) is 2. The van der Waals surface area contributed by atoms with Gasteiger partial charge in [-0.15, -0.1) is 0 Å². The Kier molecular flexibility index (Phi) is 5.47. The minimum atomic E-state index is 0.315. The maximum Gasteiger partial charge on any atom is 0.137 e. The maximum atomic E-state index is 11.8. The van der Waals surface area contributed by atoms with Crippen molar-refractivity contribution in [1.82, 2.24) is 4.90 Å². The molecule has 1 fully saturated rings. The zero-order chi connectivity index (χ0) is 12.1. The number of rotatable bonds is 5. The lowest BCUT2D eigenvalue weighted by Gasteiger charge is -2.32. The summed E-state index contributed by atoms with van der Waals surface area (Å²) < 4.78 is 0. The summed E-state index contributed by atoms with van der Waals surface area (Å²) in [4.78, 5) is 14.3. The van der Waals surface area contributed by atoms with Gasteiger partial charge in [0.15, 0.2) is 0 Å². The highest BCUT2D eigenvalue weighted by Crippen LogP contribution is 2.22. The Hall–Kier alpha value is -0.370. The number of hydrogen-bond donors (Lipinski definition) is 0. The number of Topliss-reactive ketones (excluding diaryl/α,β-unsaturated/α-hetero) is 1. The number of nitrogens with zero attached hydrogens (tertiary/aromatic N) is 1. The summed E-state index contributed by atoms with van der Waals surface area (Å²) in [5.74, 6) is 1.50. The van der Waals surface area contributed by atoms with E-state index in [0.717, 1.165) is 32.4 Å². The fraction of sp³-hybridized carbons (Fsp3) is 0.929. The second-order valence-electron chi connectivity index (χ2n) is 5.85. The lowest BCUT2D eigenvalue weighted by molar-refractivity contribution is -0.125. The Morgan fingerprint density at radius 2 is 1.94 bits per heavy atom. The molecule has 1 rings (SSSR count). The fourth-order valence-electron chi connectivity index (χ4n) is 2.50. The Balaban J connectivity index is 2.49. The topological polar surface area (TPSA) is 20.3 Å². The van der Waals surface area contributed by atoms with Crippen LogP contribution in [0.3, 0.4) is 0 Å². The van der Waals surface area contributed by atoms with Gasteiger partial charge in [-0.3, -0.25) is 9.69 Å². The summed E-state index contributed by atoms with van der Waals surface area (Å²) in [5.41, 5.74) is 0. The quantitative estimate of drug-likeness (QED) is 0.716. The fourth-order valence-corrected chi connectivity index (χ4v) is 2.50. The normalized spacial score (nSPS) is 22.4. The van der Waals surface area contributed by atoms with Crippen LogP contribution in [0.1, 0.15) is 53.4 Å². The average molecular weight is 225 g/mol. The van der Waals surface area contributed by atoms with Gasteiger partial charge in [-0.2, -0.15) is 0 Å². The van der Waals surface area contributed by atoms with Crippen LogP contribution in [0.25, 0.3) is 0 Å². The standard InChI is InChI=1S/C14H27NO/c1-11(2)9-15(12(3)4)10-13-7-5-6-8-14(13)16/h11-13H,5-10H2,1-4H3. The van der Waals surface area contributed by atoms with E-state index in [-0.39, 0.29) is 0 Å². The molecule has 1 unspecified atom stereocenters. The van der Waals surface area contributed by atoms with Gasteiger partial charge < -0.3 is 0 Å². The monoisotopic (exact) mass is 225 g/mol. The summed E-state index contributed by atoms with van der Waals surface area (Å²) in [6.07, 6.45) is 4.28. The average Bonchev–Trinajstić information content (AvgIpc) is 2.19.